The average Bonchev–Trinajstić information content (AvgIpc) is 2.49. The fraction of sp³-hybridized carbons (Fsp3) is 0.529. The summed E-state index contributed by atoms with van der Waals surface area (Å²) in [4.78, 5) is 23.5. The topological polar surface area (TPSA) is 92.3 Å². The van der Waals surface area contributed by atoms with Crippen LogP contribution in [0, 0.1) is 0 Å². The third kappa shape index (κ3) is 8.10. The highest BCUT2D eigenvalue weighted by Gasteiger charge is 2.21. The molecule has 2 N–H and O–H groups in total. The highest BCUT2D eigenvalue weighted by Crippen LogP contribution is 2.12. The molecule has 0 unspecified atom stereocenters. The molecular formula is C17H26N2O4S. The molecule has 0 saturated heterocycles. The number of aryl methyl sites for hydroxylation is 1. The van der Waals surface area contributed by atoms with Gasteiger partial charge in [0.25, 0.3) is 0 Å². The van der Waals surface area contributed by atoms with Crippen LogP contribution in [0.5, 0.6) is 0 Å². The van der Waals surface area contributed by atoms with E-state index in [1.165, 1.54) is 12.5 Å². The van der Waals surface area contributed by atoms with Crippen LogP contribution in [0.15, 0.2) is 24.3 Å². The van der Waals surface area contributed by atoms with Crippen LogP contribution in [0.2, 0.25) is 0 Å². The van der Waals surface area contributed by atoms with Gasteiger partial charge in [-0.3, -0.25) is 9.59 Å². The van der Waals surface area contributed by atoms with E-state index >= 15 is 0 Å². The van der Waals surface area contributed by atoms with E-state index in [0.29, 0.717) is 5.69 Å². The molecule has 0 aliphatic carbocycles. The minimum Gasteiger partial charge on any atom is -0.345 e. The van der Waals surface area contributed by atoms with Crippen LogP contribution in [0.1, 0.15) is 38.7 Å². The van der Waals surface area contributed by atoms with E-state index in [4.69, 9.17) is 0 Å². The van der Waals surface area contributed by atoms with Gasteiger partial charge in [-0.15, -0.1) is 0 Å². The standard InChI is InChI=1S/C17H26N2O4S/c1-4-5-6-14-7-9-15(10-8-14)19-17(21)16(18-13(2)20)11-12-24(3,22)23/h7-10,16H,4-6,11-12H2,1-3H3,(H,18,20)(H,19,21)/t16-/m1/s1. The second-order valence-electron chi connectivity index (χ2n) is 5.96. The maximum Gasteiger partial charge on any atom is 0.246 e. The van der Waals surface area contributed by atoms with E-state index in [2.05, 4.69) is 17.6 Å². The number of benzene rings is 1. The van der Waals surface area contributed by atoms with Gasteiger partial charge in [-0.25, -0.2) is 8.42 Å². The van der Waals surface area contributed by atoms with Crippen LogP contribution >= 0.6 is 0 Å². The highest BCUT2D eigenvalue weighted by molar-refractivity contribution is 7.90. The summed E-state index contributed by atoms with van der Waals surface area (Å²) in [5.41, 5.74) is 1.82. The molecule has 0 spiro atoms. The van der Waals surface area contributed by atoms with E-state index < -0.39 is 21.8 Å². The van der Waals surface area contributed by atoms with Crippen LogP contribution in [0.4, 0.5) is 5.69 Å². The summed E-state index contributed by atoms with van der Waals surface area (Å²) in [5, 5.41) is 5.21. The van der Waals surface area contributed by atoms with Crippen molar-refractivity contribution in [3.8, 4) is 0 Å². The Bertz CT molecular complexity index is 654. The van der Waals surface area contributed by atoms with Gasteiger partial charge in [0.05, 0.1) is 5.75 Å². The van der Waals surface area contributed by atoms with Crippen molar-refractivity contribution in [2.24, 2.45) is 0 Å². The van der Waals surface area contributed by atoms with Crippen LogP contribution in [0.3, 0.4) is 0 Å². The van der Waals surface area contributed by atoms with E-state index in [1.54, 1.807) is 0 Å². The summed E-state index contributed by atoms with van der Waals surface area (Å²) in [6, 6.07) is 6.65. The van der Waals surface area contributed by atoms with Crippen molar-refractivity contribution in [2.75, 3.05) is 17.3 Å². The maximum absolute atomic E-state index is 12.3. The van der Waals surface area contributed by atoms with Crippen LogP contribution in [-0.2, 0) is 25.8 Å². The van der Waals surface area contributed by atoms with Gasteiger partial charge in [0.15, 0.2) is 0 Å². The Kier molecular flexibility index (Phi) is 7.91. The minimum absolute atomic E-state index is 0.0405. The number of carbonyl (C=O) groups is 2. The summed E-state index contributed by atoms with van der Waals surface area (Å²) < 4.78 is 22.6. The number of anilines is 1. The van der Waals surface area contributed by atoms with Crippen LogP contribution in [-0.4, -0.2) is 38.3 Å². The Labute approximate surface area is 143 Å². The number of carbonyl (C=O) groups excluding carboxylic acids is 2. The highest BCUT2D eigenvalue weighted by atomic mass is 32.2. The smallest absolute Gasteiger partial charge is 0.246 e. The summed E-state index contributed by atoms with van der Waals surface area (Å²) in [5.74, 6) is -0.963. The lowest BCUT2D eigenvalue weighted by atomic mass is 10.1. The van der Waals surface area contributed by atoms with Gasteiger partial charge < -0.3 is 10.6 Å². The fourth-order valence-electron chi connectivity index (χ4n) is 2.21. The lowest BCUT2D eigenvalue weighted by Crippen LogP contribution is -2.43. The molecule has 0 fully saturated rings. The number of amides is 2. The van der Waals surface area contributed by atoms with Crippen LogP contribution < -0.4 is 10.6 Å². The quantitative estimate of drug-likeness (QED) is 0.708. The third-order valence-electron chi connectivity index (χ3n) is 3.51. The number of unbranched alkanes of at least 4 members (excludes halogenated alkanes) is 1. The molecule has 134 valence electrons. The zero-order chi connectivity index (χ0) is 18.2. The summed E-state index contributed by atoms with van der Waals surface area (Å²) in [6.07, 6.45) is 4.37. The number of rotatable bonds is 9. The maximum atomic E-state index is 12.3. The SMILES string of the molecule is CCCCc1ccc(NC(=O)[C@@H](CCS(C)(=O)=O)NC(C)=O)cc1. The predicted octanol–water partition coefficient (Wildman–Crippen LogP) is 1.91. The predicted molar refractivity (Wildman–Crippen MR) is 95.6 cm³/mol. The first-order valence-electron chi connectivity index (χ1n) is 8.06. The molecule has 0 aliphatic rings. The third-order valence-corrected chi connectivity index (χ3v) is 4.49. The molecule has 0 aliphatic heterocycles. The summed E-state index contributed by atoms with van der Waals surface area (Å²) in [7, 11) is -3.21. The molecule has 7 heteroatoms. The first-order valence-corrected chi connectivity index (χ1v) is 10.1. The van der Waals surface area contributed by atoms with Crippen molar-refractivity contribution in [1.82, 2.24) is 5.32 Å². The fourth-order valence-corrected chi connectivity index (χ4v) is 2.87. The van der Waals surface area contributed by atoms with Crippen molar-refractivity contribution in [3.05, 3.63) is 29.8 Å². The Morgan fingerprint density at radius 2 is 1.79 bits per heavy atom. The molecule has 0 bridgehead atoms. The van der Waals surface area contributed by atoms with E-state index in [0.717, 1.165) is 25.5 Å². The second-order valence-corrected chi connectivity index (χ2v) is 8.22. The monoisotopic (exact) mass is 354 g/mol. The second kappa shape index (κ2) is 9.42. The first kappa shape index (κ1) is 20.2. The van der Waals surface area contributed by atoms with Crippen molar-refractivity contribution in [3.63, 3.8) is 0 Å². The van der Waals surface area contributed by atoms with Gasteiger partial charge in [0, 0.05) is 18.9 Å². The van der Waals surface area contributed by atoms with Crippen molar-refractivity contribution >= 4 is 27.3 Å². The molecule has 6 nitrogen and oxygen atoms in total. The average molecular weight is 354 g/mol. The normalized spacial score (nSPS) is 12.5. The molecule has 0 heterocycles. The molecule has 2 amide bonds. The minimum atomic E-state index is -3.21. The molecule has 1 rings (SSSR count). The van der Waals surface area contributed by atoms with Gasteiger partial charge in [-0.1, -0.05) is 25.5 Å². The molecule has 0 aromatic heterocycles. The van der Waals surface area contributed by atoms with Gasteiger partial charge in [0.2, 0.25) is 11.8 Å². The Morgan fingerprint density at radius 3 is 2.29 bits per heavy atom. The summed E-state index contributed by atoms with van der Waals surface area (Å²) in [6.45, 7) is 3.43. The van der Waals surface area contributed by atoms with Crippen molar-refractivity contribution < 1.29 is 18.0 Å². The molecular weight excluding hydrogens is 328 g/mol. The van der Waals surface area contributed by atoms with E-state index in [1.807, 2.05) is 24.3 Å². The van der Waals surface area contributed by atoms with Crippen molar-refractivity contribution in [1.29, 1.82) is 0 Å². The zero-order valence-corrected chi connectivity index (χ0v) is 15.3. The first-order chi connectivity index (χ1) is 11.2. The Hall–Kier alpha value is -1.89. The van der Waals surface area contributed by atoms with E-state index in [-0.39, 0.29) is 18.1 Å². The van der Waals surface area contributed by atoms with Gasteiger partial charge in [0.1, 0.15) is 15.9 Å². The zero-order valence-electron chi connectivity index (χ0n) is 14.5. The molecule has 0 radical (unpaired) electrons. The molecule has 1 aromatic carbocycles. The molecule has 0 saturated carbocycles. The molecule has 1 atom stereocenters. The number of nitrogens with one attached hydrogen (secondary N) is 2. The number of sulfone groups is 1. The van der Waals surface area contributed by atoms with Gasteiger partial charge >= 0.3 is 0 Å². The lowest BCUT2D eigenvalue weighted by molar-refractivity contribution is -0.125. The molecule has 24 heavy (non-hydrogen) atoms. The summed E-state index contributed by atoms with van der Waals surface area (Å²) >= 11 is 0. The van der Waals surface area contributed by atoms with E-state index in [9.17, 15) is 18.0 Å². The Morgan fingerprint density at radius 1 is 1.17 bits per heavy atom. The largest absolute Gasteiger partial charge is 0.345 e. The number of hydrogen-bond acceptors (Lipinski definition) is 4. The van der Waals surface area contributed by atoms with Gasteiger partial charge in [-0.05, 0) is 37.0 Å². The Balaban J connectivity index is 2.70. The number of hydrogen-bond donors (Lipinski definition) is 2. The van der Waals surface area contributed by atoms with Crippen LogP contribution in [0.25, 0.3) is 0 Å². The van der Waals surface area contributed by atoms with Gasteiger partial charge in [-0.2, -0.15) is 0 Å². The lowest BCUT2D eigenvalue weighted by Gasteiger charge is -2.17. The van der Waals surface area contributed by atoms with Crippen molar-refractivity contribution in [2.45, 2.75) is 45.6 Å². The molecule has 1 aromatic rings.